The molecule has 1 unspecified atom stereocenters. The maximum atomic E-state index is 12.2. The highest BCUT2D eigenvalue weighted by atomic mass is 16.7. The minimum Gasteiger partial charge on any atom is -0.463 e. The first-order chi connectivity index (χ1) is 13.4. The number of hydrogen-bond acceptors (Lipinski definition) is 9. The lowest BCUT2D eigenvalue weighted by Crippen LogP contribution is -2.44. The zero-order valence-corrected chi connectivity index (χ0v) is 18.1. The molecular weight excluding hydrogens is 384 g/mol. The van der Waals surface area contributed by atoms with Gasteiger partial charge in [0.25, 0.3) is 0 Å². The van der Waals surface area contributed by atoms with Gasteiger partial charge in [-0.3, -0.25) is 19.2 Å². The van der Waals surface area contributed by atoms with Gasteiger partial charge in [-0.05, 0) is 0 Å². The molecule has 0 spiro atoms. The van der Waals surface area contributed by atoms with Crippen LogP contribution in [0.4, 0.5) is 0 Å². The summed E-state index contributed by atoms with van der Waals surface area (Å²) >= 11 is 0. The van der Waals surface area contributed by atoms with Gasteiger partial charge in [-0.25, -0.2) is 0 Å². The number of ether oxygens (including phenoxy) is 5. The summed E-state index contributed by atoms with van der Waals surface area (Å²) in [5.41, 5.74) is 0. The van der Waals surface area contributed by atoms with Gasteiger partial charge in [0.05, 0.1) is 17.8 Å². The highest BCUT2D eigenvalue weighted by Crippen LogP contribution is 2.29. The normalized spacial score (nSPS) is 23.9. The van der Waals surface area contributed by atoms with E-state index in [0.717, 1.165) is 0 Å². The summed E-state index contributed by atoms with van der Waals surface area (Å²) in [6, 6.07) is 0. The van der Waals surface area contributed by atoms with E-state index < -0.39 is 60.1 Å². The number of carbonyl (C=O) groups excluding carboxylic acids is 4. The van der Waals surface area contributed by atoms with Gasteiger partial charge < -0.3 is 23.7 Å². The van der Waals surface area contributed by atoms with Crippen LogP contribution in [0.2, 0.25) is 0 Å². The Morgan fingerprint density at radius 2 is 1.07 bits per heavy atom. The van der Waals surface area contributed by atoms with Crippen LogP contribution >= 0.6 is 0 Å². The van der Waals surface area contributed by atoms with Crippen molar-refractivity contribution in [2.24, 2.45) is 17.8 Å². The fourth-order valence-corrected chi connectivity index (χ4v) is 2.43. The van der Waals surface area contributed by atoms with Gasteiger partial charge in [0.15, 0.2) is 12.2 Å². The third-order valence-corrected chi connectivity index (χ3v) is 4.17. The summed E-state index contributed by atoms with van der Waals surface area (Å²) in [4.78, 5) is 47.5. The van der Waals surface area contributed by atoms with Crippen molar-refractivity contribution < 1.29 is 42.9 Å². The van der Waals surface area contributed by atoms with E-state index in [2.05, 4.69) is 0 Å². The molecule has 1 aliphatic rings. The molecule has 0 aromatic rings. The Hall–Kier alpha value is -2.16. The fraction of sp³-hybridized carbons (Fsp3) is 0.800. The molecule has 0 aliphatic carbocycles. The molecule has 9 heteroatoms. The summed E-state index contributed by atoms with van der Waals surface area (Å²) in [6.07, 6.45) is -3.75. The Balaban J connectivity index is 3.08. The molecule has 166 valence electrons. The Kier molecular flexibility index (Phi) is 9.55. The van der Waals surface area contributed by atoms with E-state index in [0.29, 0.717) is 0 Å². The zero-order valence-electron chi connectivity index (χ0n) is 18.1. The molecule has 1 fully saturated rings. The standard InChI is InChI=1S/C20H32O9/c1-10(2)18(22)26-9-15-17(29-20(24)12(5)6)16(28-19(23)11(3)4)14(27-15)8-25-13(7)21/h10-12,14-17H,8-9H2,1-7H3/t14?,15-,16-,17-/m1/s1. The van der Waals surface area contributed by atoms with E-state index in [1.165, 1.54) is 6.92 Å². The van der Waals surface area contributed by atoms with Crippen LogP contribution < -0.4 is 0 Å². The topological polar surface area (TPSA) is 114 Å². The second-order valence-corrected chi connectivity index (χ2v) is 7.91. The van der Waals surface area contributed by atoms with E-state index in [9.17, 15) is 19.2 Å². The Morgan fingerprint density at radius 3 is 1.41 bits per heavy atom. The van der Waals surface area contributed by atoms with Crippen molar-refractivity contribution in [3.8, 4) is 0 Å². The highest BCUT2D eigenvalue weighted by Gasteiger charge is 2.50. The van der Waals surface area contributed by atoms with Crippen LogP contribution in [0, 0.1) is 17.8 Å². The molecule has 0 saturated carbocycles. The molecule has 1 saturated heterocycles. The zero-order chi connectivity index (χ0) is 22.3. The number of rotatable bonds is 9. The van der Waals surface area contributed by atoms with Gasteiger partial charge in [-0.1, -0.05) is 41.5 Å². The van der Waals surface area contributed by atoms with Crippen LogP contribution in [-0.4, -0.2) is 61.5 Å². The van der Waals surface area contributed by atoms with Crippen LogP contribution in [0.1, 0.15) is 48.5 Å². The lowest BCUT2D eigenvalue weighted by molar-refractivity contribution is -0.173. The minimum absolute atomic E-state index is 0.195. The minimum atomic E-state index is -1.01. The summed E-state index contributed by atoms with van der Waals surface area (Å²) in [6.45, 7) is 10.9. The SMILES string of the molecule is CC(=O)OCC1O[C@H](COC(=O)C(C)C)[C@@H](OC(=O)C(C)C)[C@@H]1OC(=O)C(C)C. The molecule has 1 heterocycles. The molecule has 29 heavy (non-hydrogen) atoms. The second-order valence-electron chi connectivity index (χ2n) is 7.91. The maximum Gasteiger partial charge on any atom is 0.308 e. The van der Waals surface area contributed by atoms with Gasteiger partial charge in [-0.2, -0.15) is 0 Å². The molecule has 0 amide bonds. The molecule has 0 bridgehead atoms. The summed E-state index contributed by atoms with van der Waals surface area (Å²) in [7, 11) is 0. The van der Waals surface area contributed by atoms with Crippen molar-refractivity contribution in [1.82, 2.24) is 0 Å². The quantitative estimate of drug-likeness (QED) is 0.409. The summed E-state index contributed by atoms with van der Waals surface area (Å²) < 4.78 is 27.1. The van der Waals surface area contributed by atoms with E-state index in [1.807, 2.05) is 0 Å². The average molecular weight is 416 g/mol. The van der Waals surface area contributed by atoms with Crippen LogP contribution in [0.25, 0.3) is 0 Å². The lowest BCUT2D eigenvalue weighted by atomic mass is 10.1. The Labute approximate surface area is 171 Å². The van der Waals surface area contributed by atoms with E-state index >= 15 is 0 Å². The first-order valence-corrected chi connectivity index (χ1v) is 9.80. The Morgan fingerprint density at radius 1 is 0.690 bits per heavy atom. The van der Waals surface area contributed by atoms with Crippen molar-refractivity contribution in [3.63, 3.8) is 0 Å². The fourth-order valence-electron chi connectivity index (χ4n) is 2.43. The van der Waals surface area contributed by atoms with E-state index in [1.54, 1.807) is 41.5 Å². The van der Waals surface area contributed by atoms with E-state index in [-0.39, 0.29) is 19.1 Å². The van der Waals surface area contributed by atoms with Gasteiger partial charge in [-0.15, -0.1) is 0 Å². The molecule has 0 radical (unpaired) electrons. The van der Waals surface area contributed by atoms with Crippen LogP contribution in [0.3, 0.4) is 0 Å². The number of carbonyl (C=O) groups is 4. The van der Waals surface area contributed by atoms with Crippen molar-refractivity contribution in [1.29, 1.82) is 0 Å². The second kappa shape index (κ2) is 11.1. The van der Waals surface area contributed by atoms with Crippen LogP contribution in [0.15, 0.2) is 0 Å². The van der Waals surface area contributed by atoms with Gasteiger partial charge >= 0.3 is 23.9 Å². The maximum absolute atomic E-state index is 12.2. The predicted octanol–water partition coefficient (Wildman–Crippen LogP) is 1.65. The number of hydrogen-bond donors (Lipinski definition) is 0. The van der Waals surface area contributed by atoms with Crippen molar-refractivity contribution in [3.05, 3.63) is 0 Å². The van der Waals surface area contributed by atoms with Crippen molar-refractivity contribution >= 4 is 23.9 Å². The molecule has 0 aromatic heterocycles. The third-order valence-electron chi connectivity index (χ3n) is 4.17. The first kappa shape index (κ1) is 24.9. The van der Waals surface area contributed by atoms with Gasteiger partial charge in [0.2, 0.25) is 0 Å². The van der Waals surface area contributed by atoms with Crippen molar-refractivity contribution in [2.75, 3.05) is 13.2 Å². The first-order valence-electron chi connectivity index (χ1n) is 9.80. The Bertz CT molecular complexity index is 597. The van der Waals surface area contributed by atoms with E-state index in [4.69, 9.17) is 23.7 Å². The van der Waals surface area contributed by atoms with Crippen LogP contribution in [-0.2, 0) is 42.9 Å². The molecular formula is C20H32O9. The van der Waals surface area contributed by atoms with Gasteiger partial charge in [0, 0.05) is 6.92 Å². The molecule has 1 aliphatic heterocycles. The van der Waals surface area contributed by atoms with Crippen LogP contribution in [0.5, 0.6) is 0 Å². The smallest absolute Gasteiger partial charge is 0.308 e. The summed E-state index contributed by atoms with van der Waals surface area (Å²) in [5, 5.41) is 0. The van der Waals surface area contributed by atoms with Crippen molar-refractivity contribution in [2.45, 2.75) is 72.9 Å². The largest absolute Gasteiger partial charge is 0.463 e. The molecule has 0 N–H and O–H groups in total. The average Bonchev–Trinajstić information content (AvgIpc) is 2.94. The molecule has 1 rings (SSSR count). The lowest BCUT2D eigenvalue weighted by Gasteiger charge is -2.25. The highest BCUT2D eigenvalue weighted by molar-refractivity contribution is 5.73. The third kappa shape index (κ3) is 7.64. The van der Waals surface area contributed by atoms with Gasteiger partial charge in [0.1, 0.15) is 25.4 Å². The predicted molar refractivity (Wildman–Crippen MR) is 101 cm³/mol. The number of esters is 4. The molecule has 4 atom stereocenters. The molecule has 0 aromatic carbocycles. The molecule has 9 nitrogen and oxygen atoms in total. The monoisotopic (exact) mass is 416 g/mol. The summed E-state index contributed by atoms with van der Waals surface area (Å²) in [5.74, 6) is -3.21.